The topological polar surface area (TPSA) is 81.3 Å². The number of halogens is 1. The number of hydrogen-bond acceptors (Lipinski definition) is 4. The van der Waals surface area contributed by atoms with Crippen LogP contribution in [0.5, 0.6) is 0 Å². The van der Waals surface area contributed by atoms with Crippen LogP contribution in [0.25, 0.3) is 0 Å². The second-order valence-corrected chi connectivity index (χ2v) is 3.20. The quantitative estimate of drug-likeness (QED) is 0.276. The molecule has 1 aromatic carbocycles. The van der Waals surface area contributed by atoms with Crippen molar-refractivity contribution in [3.63, 3.8) is 0 Å². The van der Waals surface area contributed by atoms with Gasteiger partial charge in [0.2, 0.25) is 0 Å². The first-order chi connectivity index (χ1) is 7.69. The SMILES string of the molecule is CON=Cc1ccc(Cl)cc1C(=N)NC#N. The van der Waals surface area contributed by atoms with E-state index in [0.29, 0.717) is 16.1 Å². The number of amidine groups is 1. The average Bonchev–Trinajstić information content (AvgIpc) is 2.27. The summed E-state index contributed by atoms with van der Waals surface area (Å²) < 4.78 is 0. The normalized spacial score (nSPS) is 9.81. The van der Waals surface area contributed by atoms with Crippen molar-refractivity contribution in [3.8, 4) is 6.19 Å². The summed E-state index contributed by atoms with van der Waals surface area (Å²) >= 11 is 5.81. The summed E-state index contributed by atoms with van der Waals surface area (Å²) in [5.74, 6) is -0.0393. The Morgan fingerprint density at radius 1 is 1.69 bits per heavy atom. The van der Waals surface area contributed by atoms with Crippen molar-refractivity contribution >= 4 is 23.7 Å². The molecule has 0 saturated heterocycles. The maximum atomic E-state index is 8.44. The standard InChI is InChI=1S/C10H9ClN4O/c1-16-15-5-7-2-3-8(11)4-9(7)10(13)14-6-12/h2-5H,1H3,(H2,13,14). The molecule has 5 nitrogen and oxygen atoms in total. The van der Waals surface area contributed by atoms with E-state index in [0.717, 1.165) is 0 Å². The molecule has 0 atom stereocenters. The fourth-order valence-corrected chi connectivity index (χ4v) is 1.26. The lowest BCUT2D eigenvalue weighted by Crippen LogP contribution is -2.19. The molecule has 0 aromatic heterocycles. The van der Waals surface area contributed by atoms with Gasteiger partial charge in [-0.1, -0.05) is 22.8 Å². The van der Waals surface area contributed by atoms with Gasteiger partial charge in [0.05, 0.1) is 6.21 Å². The van der Waals surface area contributed by atoms with Gasteiger partial charge in [0.25, 0.3) is 0 Å². The fourth-order valence-electron chi connectivity index (χ4n) is 1.09. The highest BCUT2D eigenvalue weighted by Crippen LogP contribution is 2.14. The largest absolute Gasteiger partial charge is 0.399 e. The van der Waals surface area contributed by atoms with Gasteiger partial charge in [-0.05, 0) is 12.1 Å². The third-order valence-corrected chi connectivity index (χ3v) is 2.00. The summed E-state index contributed by atoms with van der Waals surface area (Å²) in [7, 11) is 1.42. The Morgan fingerprint density at radius 2 is 2.44 bits per heavy atom. The van der Waals surface area contributed by atoms with Crippen LogP contribution in [0.3, 0.4) is 0 Å². The van der Waals surface area contributed by atoms with Crippen LogP contribution in [-0.4, -0.2) is 19.2 Å². The number of hydrogen-bond donors (Lipinski definition) is 2. The molecule has 0 fully saturated rings. The Kier molecular flexibility index (Phi) is 4.30. The van der Waals surface area contributed by atoms with E-state index in [1.807, 2.05) is 0 Å². The molecule has 0 saturated carbocycles. The van der Waals surface area contributed by atoms with E-state index < -0.39 is 0 Å². The summed E-state index contributed by atoms with van der Waals surface area (Å²) in [5, 5.41) is 22.4. The minimum Gasteiger partial charge on any atom is -0.399 e. The van der Waals surface area contributed by atoms with E-state index in [9.17, 15) is 0 Å². The number of rotatable bonds is 3. The molecule has 0 aliphatic rings. The van der Waals surface area contributed by atoms with E-state index in [1.165, 1.54) is 13.3 Å². The molecule has 1 rings (SSSR count). The summed E-state index contributed by atoms with van der Waals surface area (Å²) in [6, 6.07) is 4.93. The molecule has 0 spiro atoms. The zero-order valence-corrected chi connectivity index (χ0v) is 9.25. The third kappa shape index (κ3) is 2.97. The molecule has 16 heavy (non-hydrogen) atoms. The number of oxime groups is 1. The third-order valence-electron chi connectivity index (χ3n) is 1.76. The smallest absolute Gasteiger partial charge is 0.182 e. The van der Waals surface area contributed by atoms with Crippen LogP contribution in [0.15, 0.2) is 23.4 Å². The molecule has 0 heterocycles. The number of nitriles is 1. The van der Waals surface area contributed by atoms with Crippen LogP contribution in [-0.2, 0) is 4.84 Å². The fraction of sp³-hybridized carbons (Fsp3) is 0.100. The molecule has 1 aromatic rings. The lowest BCUT2D eigenvalue weighted by atomic mass is 10.1. The predicted molar refractivity (Wildman–Crippen MR) is 61.6 cm³/mol. The first kappa shape index (κ1) is 12.0. The molecular formula is C10H9ClN4O. The van der Waals surface area contributed by atoms with Crippen LogP contribution >= 0.6 is 11.6 Å². The summed E-state index contributed by atoms with van der Waals surface area (Å²) in [5.41, 5.74) is 1.12. The summed E-state index contributed by atoms with van der Waals surface area (Å²) in [6.07, 6.45) is 3.12. The highest BCUT2D eigenvalue weighted by molar-refractivity contribution is 6.31. The molecule has 0 amide bonds. The van der Waals surface area contributed by atoms with Crippen LogP contribution in [0.1, 0.15) is 11.1 Å². The maximum absolute atomic E-state index is 8.44. The van der Waals surface area contributed by atoms with Crippen molar-refractivity contribution < 1.29 is 4.84 Å². The summed E-state index contributed by atoms with van der Waals surface area (Å²) in [6.45, 7) is 0. The lowest BCUT2D eigenvalue weighted by Gasteiger charge is -2.05. The van der Waals surface area contributed by atoms with Crippen LogP contribution < -0.4 is 5.32 Å². The van der Waals surface area contributed by atoms with Crippen LogP contribution in [0.4, 0.5) is 0 Å². The average molecular weight is 237 g/mol. The molecule has 0 aliphatic carbocycles. The van der Waals surface area contributed by atoms with Gasteiger partial charge in [0.15, 0.2) is 6.19 Å². The van der Waals surface area contributed by atoms with Crippen molar-refractivity contribution in [3.05, 3.63) is 34.3 Å². The lowest BCUT2D eigenvalue weighted by molar-refractivity contribution is 0.215. The van der Waals surface area contributed by atoms with Crippen LogP contribution in [0.2, 0.25) is 5.02 Å². The highest BCUT2D eigenvalue weighted by atomic mass is 35.5. The van der Waals surface area contributed by atoms with Gasteiger partial charge >= 0.3 is 0 Å². The van der Waals surface area contributed by atoms with Crippen molar-refractivity contribution in [2.24, 2.45) is 5.16 Å². The van der Waals surface area contributed by atoms with Crippen molar-refractivity contribution in [1.82, 2.24) is 5.32 Å². The minimum absolute atomic E-state index is 0.0393. The van der Waals surface area contributed by atoms with Crippen molar-refractivity contribution in [2.45, 2.75) is 0 Å². The van der Waals surface area contributed by atoms with Gasteiger partial charge in [-0.3, -0.25) is 10.7 Å². The minimum atomic E-state index is -0.0393. The second kappa shape index (κ2) is 5.73. The van der Waals surface area contributed by atoms with Crippen molar-refractivity contribution in [1.29, 1.82) is 10.7 Å². The molecule has 0 radical (unpaired) electrons. The molecule has 6 heteroatoms. The molecular weight excluding hydrogens is 228 g/mol. The summed E-state index contributed by atoms with van der Waals surface area (Å²) in [4.78, 5) is 4.55. The van der Waals surface area contributed by atoms with Crippen LogP contribution in [0, 0.1) is 16.9 Å². The molecule has 0 aliphatic heterocycles. The second-order valence-electron chi connectivity index (χ2n) is 2.76. The molecule has 0 bridgehead atoms. The van der Waals surface area contributed by atoms with E-state index in [2.05, 4.69) is 15.3 Å². The Morgan fingerprint density at radius 3 is 3.06 bits per heavy atom. The number of benzene rings is 1. The van der Waals surface area contributed by atoms with E-state index >= 15 is 0 Å². The van der Waals surface area contributed by atoms with Gasteiger partial charge in [0, 0.05) is 16.1 Å². The Balaban J connectivity index is 3.13. The molecule has 2 N–H and O–H groups in total. The zero-order valence-electron chi connectivity index (χ0n) is 8.49. The molecule has 0 unspecified atom stereocenters. The van der Waals surface area contributed by atoms with E-state index in [1.54, 1.807) is 24.4 Å². The van der Waals surface area contributed by atoms with Gasteiger partial charge in [-0.15, -0.1) is 0 Å². The zero-order chi connectivity index (χ0) is 12.0. The van der Waals surface area contributed by atoms with E-state index in [-0.39, 0.29) is 5.84 Å². The van der Waals surface area contributed by atoms with Gasteiger partial charge < -0.3 is 4.84 Å². The predicted octanol–water partition coefficient (Wildman–Crippen LogP) is 1.72. The number of nitrogens with one attached hydrogen (secondary N) is 2. The Bertz CT molecular complexity index is 464. The Hall–Kier alpha value is -2.06. The Labute approximate surface area is 97.8 Å². The van der Waals surface area contributed by atoms with Gasteiger partial charge in [0.1, 0.15) is 12.9 Å². The van der Waals surface area contributed by atoms with Gasteiger partial charge in [-0.25, -0.2) is 0 Å². The van der Waals surface area contributed by atoms with Crippen molar-refractivity contribution in [2.75, 3.05) is 7.11 Å². The first-order valence-corrected chi connectivity index (χ1v) is 4.67. The van der Waals surface area contributed by atoms with E-state index in [4.69, 9.17) is 22.3 Å². The first-order valence-electron chi connectivity index (χ1n) is 4.29. The maximum Gasteiger partial charge on any atom is 0.182 e. The highest BCUT2D eigenvalue weighted by Gasteiger charge is 2.07. The van der Waals surface area contributed by atoms with Gasteiger partial charge in [-0.2, -0.15) is 5.26 Å². The molecule has 82 valence electrons. The number of nitrogens with zero attached hydrogens (tertiary/aromatic N) is 2. The monoisotopic (exact) mass is 236 g/mol.